The van der Waals surface area contributed by atoms with Gasteiger partial charge in [0.05, 0.1) is 23.8 Å². The van der Waals surface area contributed by atoms with Gasteiger partial charge in [0.25, 0.3) is 0 Å². The summed E-state index contributed by atoms with van der Waals surface area (Å²) >= 11 is 0. The summed E-state index contributed by atoms with van der Waals surface area (Å²) in [6.45, 7) is 0. The number of halogens is 1. The van der Waals surface area contributed by atoms with Crippen LogP contribution in [0.5, 0.6) is 0 Å². The molecular formula is C13H11FN2. The van der Waals surface area contributed by atoms with E-state index in [0.29, 0.717) is 0 Å². The van der Waals surface area contributed by atoms with Crippen LogP contribution in [0, 0.1) is 5.82 Å². The maximum atomic E-state index is 14.0. The van der Waals surface area contributed by atoms with Crippen molar-refractivity contribution in [2.75, 3.05) is 0 Å². The van der Waals surface area contributed by atoms with Gasteiger partial charge in [-0.15, -0.1) is 0 Å². The molecule has 1 spiro atoms. The summed E-state index contributed by atoms with van der Waals surface area (Å²) in [4.78, 5) is 4.19. The fourth-order valence-electron chi connectivity index (χ4n) is 3.17. The van der Waals surface area contributed by atoms with Crippen molar-refractivity contribution in [3.63, 3.8) is 0 Å². The zero-order valence-corrected chi connectivity index (χ0v) is 8.78. The fraction of sp³-hybridized carbons (Fsp3) is 0.308. The monoisotopic (exact) mass is 214 g/mol. The molecule has 2 aliphatic rings. The van der Waals surface area contributed by atoms with Crippen molar-refractivity contribution in [2.24, 2.45) is 0 Å². The van der Waals surface area contributed by atoms with Crippen LogP contribution in [0.3, 0.4) is 0 Å². The Labute approximate surface area is 92.7 Å². The maximum Gasteiger partial charge on any atom is 0.129 e. The first kappa shape index (κ1) is 8.50. The van der Waals surface area contributed by atoms with Crippen molar-refractivity contribution in [3.8, 4) is 11.3 Å². The molecule has 0 unspecified atom stereocenters. The minimum absolute atomic E-state index is 0.0686. The molecule has 0 bridgehead atoms. The van der Waals surface area contributed by atoms with Gasteiger partial charge in [-0.25, -0.2) is 9.37 Å². The zero-order chi connectivity index (χ0) is 10.8. The zero-order valence-electron chi connectivity index (χ0n) is 8.78. The van der Waals surface area contributed by atoms with Crippen molar-refractivity contribution in [3.05, 3.63) is 42.1 Å². The molecule has 1 saturated carbocycles. The van der Waals surface area contributed by atoms with Gasteiger partial charge in [-0.1, -0.05) is 12.1 Å². The second-order valence-corrected chi connectivity index (χ2v) is 4.70. The van der Waals surface area contributed by atoms with Gasteiger partial charge in [0, 0.05) is 11.1 Å². The Bertz CT molecular complexity index is 581. The first-order valence-electron chi connectivity index (χ1n) is 5.65. The molecule has 0 saturated heterocycles. The van der Waals surface area contributed by atoms with E-state index >= 15 is 0 Å². The van der Waals surface area contributed by atoms with E-state index in [1.165, 1.54) is 6.42 Å². The molecule has 2 aromatic rings. The fourth-order valence-corrected chi connectivity index (χ4v) is 3.17. The first-order chi connectivity index (χ1) is 7.83. The first-order valence-corrected chi connectivity index (χ1v) is 5.65. The molecule has 1 aliphatic carbocycles. The molecular weight excluding hydrogens is 203 g/mol. The number of hydrogen-bond acceptors (Lipinski definition) is 1. The Morgan fingerprint density at radius 3 is 2.94 bits per heavy atom. The lowest BCUT2D eigenvalue weighted by Crippen LogP contribution is -2.39. The quantitative estimate of drug-likeness (QED) is 0.659. The largest absolute Gasteiger partial charge is 0.320 e. The van der Waals surface area contributed by atoms with Crippen LogP contribution in [0.25, 0.3) is 11.3 Å². The van der Waals surface area contributed by atoms with Gasteiger partial charge < -0.3 is 4.57 Å². The third-order valence-electron chi connectivity index (χ3n) is 4.04. The van der Waals surface area contributed by atoms with Crippen molar-refractivity contribution >= 4 is 0 Å². The van der Waals surface area contributed by atoms with Crippen LogP contribution in [0.4, 0.5) is 4.39 Å². The van der Waals surface area contributed by atoms with Crippen molar-refractivity contribution in [2.45, 2.75) is 24.8 Å². The number of nitrogens with zero attached hydrogens (tertiary/aromatic N) is 2. The molecule has 2 nitrogen and oxygen atoms in total. The summed E-state index contributed by atoms with van der Waals surface area (Å²) in [5, 5.41) is 0. The number of rotatable bonds is 0. The Morgan fingerprint density at radius 1 is 1.31 bits per heavy atom. The van der Waals surface area contributed by atoms with E-state index in [-0.39, 0.29) is 11.4 Å². The minimum atomic E-state index is -0.119. The molecule has 0 radical (unpaired) electrons. The Morgan fingerprint density at radius 2 is 2.19 bits per heavy atom. The molecule has 2 heterocycles. The lowest BCUT2D eigenvalue weighted by molar-refractivity contribution is 0.202. The van der Waals surface area contributed by atoms with Gasteiger partial charge in [0.15, 0.2) is 0 Å². The summed E-state index contributed by atoms with van der Waals surface area (Å²) in [6, 6.07) is 5.35. The molecule has 1 fully saturated rings. The molecule has 0 atom stereocenters. The van der Waals surface area contributed by atoms with Gasteiger partial charge in [0.2, 0.25) is 0 Å². The van der Waals surface area contributed by atoms with Gasteiger partial charge >= 0.3 is 0 Å². The highest BCUT2D eigenvalue weighted by atomic mass is 19.1. The third kappa shape index (κ3) is 0.742. The molecule has 3 heteroatoms. The van der Waals surface area contributed by atoms with E-state index in [9.17, 15) is 4.39 Å². The molecule has 1 aromatic carbocycles. The number of imidazole rings is 1. The number of hydrogen-bond donors (Lipinski definition) is 0. The number of fused-ring (bicyclic) bond motifs is 5. The predicted molar refractivity (Wildman–Crippen MR) is 58.5 cm³/mol. The van der Waals surface area contributed by atoms with Crippen LogP contribution in [0.15, 0.2) is 30.7 Å². The van der Waals surface area contributed by atoms with Crippen LogP contribution in [0.1, 0.15) is 24.8 Å². The smallest absolute Gasteiger partial charge is 0.129 e. The minimum Gasteiger partial charge on any atom is -0.320 e. The van der Waals surface area contributed by atoms with E-state index in [1.54, 1.807) is 12.1 Å². The summed E-state index contributed by atoms with van der Waals surface area (Å²) in [5.74, 6) is -0.0686. The number of benzene rings is 1. The predicted octanol–water partition coefficient (Wildman–Crippen LogP) is 2.93. The molecule has 0 amide bonds. The van der Waals surface area contributed by atoms with Gasteiger partial charge in [-0.3, -0.25) is 0 Å². The van der Waals surface area contributed by atoms with Crippen LogP contribution in [0.2, 0.25) is 0 Å². The SMILES string of the molecule is Fc1cccc2c1C1(CCC1)n1cncc1-2. The molecule has 4 rings (SSSR count). The van der Waals surface area contributed by atoms with Crippen LogP contribution < -0.4 is 0 Å². The van der Waals surface area contributed by atoms with Crippen molar-refractivity contribution < 1.29 is 4.39 Å². The summed E-state index contributed by atoms with van der Waals surface area (Å²) in [5.41, 5.74) is 2.86. The van der Waals surface area contributed by atoms with E-state index in [4.69, 9.17) is 0 Å². The maximum absolute atomic E-state index is 14.0. The number of aromatic nitrogens is 2. The molecule has 0 N–H and O–H groups in total. The summed E-state index contributed by atoms with van der Waals surface area (Å²) in [7, 11) is 0. The van der Waals surface area contributed by atoms with Gasteiger partial charge in [0.1, 0.15) is 5.82 Å². The Kier molecular flexibility index (Phi) is 1.35. The average molecular weight is 214 g/mol. The molecule has 1 aromatic heterocycles. The lowest BCUT2D eigenvalue weighted by atomic mass is 9.72. The Hall–Kier alpha value is -1.64. The van der Waals surface area contributed by atoms with Crippen LogP contribution in [-0.4, -0.2) is 9.55 Å². The van der Waals surface area contributed by atoms with Crippen molar-refractivity contribution in [1.82, 2.24) is 9.55 Å². The van der Waals surface area contributed by atoms with E-state index in [1.807, 2.05) is 18.6 Å². The topological polar surface area (TPSA) is 17.8 Å². The van der Waals surface area contributed by atoms with E-state index in [0.717, 1.165) is 29.7 Å². The van der Waals surface area contributed by atoms with E-state index in [2.05, 4.69) is 9.55 Å². The lowest BCUT2D eigenvalue weighted by Gasteiger charge is -2.41. The summed E-state index contributed by atoms with van der Waals surface area (Å²) < 4.78 is 16.2. The molecule has 16 heavy (non-hydrogen) atoms. The van der Waals surface area contributed by atoms with Crippen molar-refractivity contribution in [1.29, 1.82) is 0 Å². The second kappa shape index (κ2) is 2.54. The Balaban J connectivity index is 2.13. The van der Waals surface area contributed by atoms with Crippen LogP contribution >= 0.6 is 0 Å². The molecule has 1 aliphatic heterocycles. The normalized spacial score (nSPS) is 19.3. The second-order valence-electron chi connectivity index (χ2n) is 4.70. The highest BCUT2D eigenvalue weighted by Crippen LogP contribution is 2.54. The van der Waals surface area contributed by atoms with Gasteiger partial charge in [-0.2, -0.15) is 0 Å². The van der Waals surface area contributed by atoms with Crippen LogP contribution in [-0.2, 0) is 5.54 Å². The third-order valence-corrected chi connectivity index (χ3v) is 4.04. The highest BCUT2D eigenvalue weighted by Gasteiger charge is 2.48. The highest BCUT2D eigenvalue weighted by molar-refractivity contribution is 5.71. The standard InChI is InChI=1S/C13H11FN2/c14-10-4-1-3-9-11-7-15-8-16(11)13(12(9)10)5-2-6-13/h1,3-4,7-8H,2,5-6H2. The average Bonchev–Trinajstić information content (AvgIpc) is 2.75. The van der Waals surface area contributed by atoms with E-state index < -0.39 is 0 Å². The molecule has 80 valence electrons. The van der Waals surface area contributed by atoms with Gasteiger partial charge in [-0.05, 0) is 25.3 Å². The summed E-state index contributed by atoms with van der Waals surface area (Å²) in [6.07, 6.45) is 6.92.